The highest BCUT2D eigenvalue weighted by Gasteiger charge is 2.25. The van der Waals surface area contributed by atoms with Crippen LogP contribution in [0.1, 0.15) is 30.3 Å². The fraction of sp³-hybridized carbons (Fsp3) is 0.500. The van der Waals surface area contributed by atoms with Crippen LogP contribution in [0.25, 0.3) is 11.5 Å². The first kappa shape index (κ1) is 17.6. The van der Waals surface area contributed by atoms with E-state index >= 15 is 0 Å². The van der Waals surface area contributed by atoms with Crippen molar-refractivity contribution < 1.29 is 9.21 Å². The largest absolute Gasteiger partial charge is 0.463 e. The van der Waals surface area contributed by atoms with Crippen LogP contribution in [0.2, 0.25) is 0 Å². The molecule has 126 valence electrons. The second kappa shape index (κ2) is 8.17. The highest BCUT2D eigenvalue weighted by molar-refractivity contribution is 5.93. The summed E-state index contributed by atoms with van der Waals surface area (Å²) in [6, 6.07) is 5.41. The molecule has 0 atom stereocenters. The predicted molar refractivity (Wildman–Crippen MR) is 90.7 cm³/mol. The molecule has 1 amide bonds. The van der Waals surface area contributed by atoms with Crippen LogP contribution >= 0.6 is 12.4 Å². The lowest BCUT2D eigenvalue weighted by atomic mass is 9.96. The molecule has 3 heterocycles. The molecule has 0 saturated carbocycles. The standard InChI is InChI=1S/C16H22N4O2.ClH/c1-2-17-11-12-5-7-20(8-6-12)16(21)14-10-13(18-19-14)15-4-3-9-22-15;/h3-4,9-10,12,17H,2,5-8,11H2,1H3,(H,18,19);1H. The number of aromatic amines is 1. The Kier molecular flexibility index (Phi) is 6.24. The third-order valence-corrected chi connectivity index (χ3v) is 4.17. The van der Waals surface area contributed by atoms with Gasteiger partial charge < -0.3 is 14.6 Å². The van der Waals surface area contributed by atoms with Gasteiger partial charge in [-0.05, 0) is 44.0 Å². The number of hydrogen-bond acceptors (Lipinski definition) is 4. The van der Waals surface area contributed by atoms with E-state index in [1.54, 1.807) is 12.3 Å². The van der Waals surface area contributed by atoms with E-state index in [9.17, 15) is 4.79 Å². The second-order valence-electron chi connectivity index (χ2n) is 5.69. The van der Waals surface area contributed by atoms with Gasteiger partial charge in [-0.1, -0.05) is 6.92 Å². The number of carbonyl (C=O) groups excluding carboxylic acids is 1. The van der Waals surface area contributed by atoms with Crippen LogP contribution in [-0.4, -0.2) is 47.2 Å². The zero-order valence-corrected chi connectivity index (χ0v) is 14.1. The minimum absolute atomic E-state index is 0. The lowest BCUT2D eigenvalue weighted by Gasteiger charge is -2.31. The first-order chi connectivity index (χ1) is 10.8. The lowest BCUT2D eigenvalue weighted by Crippen LogP contribution is -2.40. The van der Waals surface area contributed by atoms with Crippen LogP contribution in [0, 0.1) is 5.92 Å². The van der Waals surface area contributed by atoms with E-state index in [1.165, 1.54) is 0 Å². The van der Waals surface area contributed by atoms with Crippen LogP contribution in [0.3, 0.4) is 0 Å². The van der Waals surface area contributed by atoms with Crippen molar-refractivity contribution in [3.8, 4) is 11.5 Å². The lowest BCUT2D eigenvalue weighted by molar-refractivity contribution is 0.0684. The van der Waals surface area contributed by atoms with Crippen molar-refractivity contribution in [2.75, 3.05) is 26.2 Å². The van der Waals surface area contributed by atoms with Crippen molar-refractivity contribution in [2.24, 2.45) is 5.92 Å². The Morgan fingerprint density at radius 2 is 2.26 bits per heavy atom. The van der Waals surface area contributed by atoms with E-state index in [0.29, 0.717) is 17.4 Å². The van der Waals surface area contributed by atoms with Crippen molar-refractivity contribution >= 4 is 18.3 Å². The maximum atomic E-state index is 12.5. The van der Waals surface area contributed by atoms with Crippen LogP contribution < -0.4 is 5.32 Å². The van der Waals surface area contributed by atoms with Gasteiger partial charge in [-0.15, -0.1) is 12.4 Å². The number of nitrogens with zero attached hydrogens (tertiary/aromatic N) is 2. The van der Waals surface area contributed by atoms with Gasteiger partial charge in [0.1, 0.15) is 5.69 Å². The summed E-state index contributed by atoms with van der Waals surface area (Å²) in [5.41, 5.74) is 1.19. The van der Waals surface area contributed by atoms with Crippen molar-refractivity contribution in [3.05, 3.63) is 30.2 Å². The van der Waals surface area contributed by atoms with Crippen LogP contribution in [0.5, 0.6) is 0 Å². The maximum Gasteiger partial charge on any atom is 0.274 e. The minimum atomic E-state index is -0.00374. The smallest absolute Gasteiger partial charge is 0.274 e. The Hall–Kier alpha value is -1.79. The van der Waals surface area contributed by atoms with Crippen molar-refractivity contribution in [2.45, 2.75) is 19.8 Å². The number of nitrogens with one attached hydrogen (secondary N) is 2. The van der Waals surface area contributed by atoms with Gasteiger partial charge in [0.05, 0.1) is 6.26 Å². The number of carbonyl (C=O) groups is 1. The molecule has 1 aliphatic rings. The van der Waals surface area contributed by atoms with E-state index in [2.05, 4.69) is 22.4 Å². The molecule has 7 heteroatoms. The zero-order chi connectivity index (χ0) is 15.4. The van der Waals surface area contributed by atoms with Gasteiger partial charge in [0.2, 0.25) is 0 Å². The summed E-state index contributed by atoms with van der Waals surface area (Å²) in [5, 5.41) is 10.4. The average Bonchev–Trinajstić information content (AvgIpc) is 3.23. The average molecular weight is 339 g/mol. The van der Waals surface area contributed by atoms with Gasteiger partial charge >= 0.3 is 0 Å². The fourth-order valence-corrected chi connectivity index (χ4v) is 2.84. The van der Waals surface area contributed by atoms with E-state index in [4.69, 9.17) is 4.42 Å². The topological polar surface area (TPSA) is 74.2 Å². The molecule has 1 fully saturated rings. The number of piperidine rings is 1. The molecule has 0 radical (unpaired) electrons. The number of likely N-dealkylation sites (tertiary alicyclic amines) is 1. The molecule has 23 heavy (non-hydrogen) atoms. The number of hydrogen-bond donors (Lipinski definition) is 2. The summed E-state index contributed by atoms with van der Waals surface area (Å²) in [7, 11) is 0. The molecule has 3 rings (SSSR count). The quantitative estimate of drug-likeness (QED) is 0.878. The molecule has 0 spiro atoms. The molecular formula is C16H23ClN4O2. The third-order valence-electron chi connectivity index (χ3n) is 4.17. The van der Waals surface area contributed by atoms with E-state index in [-0.39, 0.29) is 18.3 Å². The number of halogens is 1. The first-order valence-corrected chi connectivity index (χ1v) is 7.87. The first-order valence-electron chi connectivity index (χ1n) is 7.87. The molecule has 6 nitrogen and oxygen atoms in total. The molecule has 2 aromatic rings. The Morgan fingerprint density at radius 3 is 2.91 bits per heavy atom. The fourth-order valence-electron chi connectivity index (χ4n) is 2.84. The van der Waals surface area contributed by atoms with E-state index < -0.39 is 0 Å². The molecule has 2 N–H and O–H groups in total. The minimum Gasteiger partial charge on any atom is -0.463 e. The molecule has 1 saturated heterocycles. The molecule has 0 unspecified atom stereocenters. The Balaban J connectivity index is 0.00000192. The molecule has 0 bridgehead atoms. The van der Waals surface area contributed by atoms with Gasteiger partial charge in [0.25, 0.3) is 5.91 Å². The summed E-state index contributed by atoms with van der Waals surface area (Å²) >= 11 is 0. The van der Waals surface area contributed by atoms with Crippen LogP contribution in [-0.2, 0) is 0 Å². The van der Waals surface area contributed by atoms with E-state index in [0.717, 1.165) is 44.7 Å². The molecule has 0 aromatic carbocycles. The van der Waals surface area contributed by atoms with Crippen LogP contribution in [0.4, 0.5) is 0 Å². The SMILES string of the molecule is CCNCC1CCN(C(=O)c2cc(-c3ccco3)[nH]n2)CC1.Cl. The predicted octanol–water partition coefficient (Wildman–Crippen LogP) is 2.55. The number of furan rings is 1. The number of H-pyrrole nitrogens is 1. The Morgan fingerprint density at radius 1 is 1.48 bits per heavy atom. The van der Waals surface area contributed by atoms with Gasteiger partial charge in [-0.3, -0.25) is 9.89 Å². The van der Waals surface area contributed by atoms with Crippen molar-refractivity contribution in [3.63, 3.8) is 0 Å². The summed E-state index contributed by atoms with van der Waals surface area (Å²) < 4.78 is 5.31. The number of rotatable bonds is 5. The van der Waals surface area contributed by atoms with E-state index in [1.807, 2.05) is 17.0 Å². The van der Waals surface area contributed by atoms with Crippen molar-refractivity contribution in [1.82, 2.24) is 20.4 Å². The Labute approximate surface area is 142 Å². The van der Waals surface area contributed by atoms with Crippen molar-refractivity contribution in [1.29, 1.82) is 0 Å². The van der Waals surface area contributed by atoms with Gasteiger partial charge in [0.15, 0.2) is 11.5 Å². The number of amides is 1. The Bertz CT molecular complexity index is 603. The summed E-state index contributed by atoms with van der Waals surface area (Å²) in [6.07, 6.45) is 3.70. The summed E-state index contributed by atoms with van der Waals surface area (Å²) in [5.74, 6) is 1.36. The molecular weight excluding hydrogens is 316 g/mol. The zero-order valence-electron chi connectivity index (χ0n) is 13.2. The summed E-state index contributed by atoms with van der Waals surface area (Å²) in [6.45, 7) is 5.77. The van der Waals surface area contributed by atoms with Crippen LogP contribution in [0.15, 0.2) is 28.9 Å². The highest BCUT2D eigenvalue weighted by atomic mass is 35.5. The van der Waals surface area contributed by atoms with Gasteiger partial charge in [0, 0.05) is 19.2 Å². The van der Waals surface area contributed by atoms with Gasteiger partial charge in [-0.25, -0.2) is 0 Å². The molecule has 1 aliphatic heterocycles. The summed E-state index contributed by atoms with van der Waals surface area (Å²) in [4.78, 5) is 14.4. The number of aromatic nitrogens is 2. The molecule has 2 aromatic heterocycles. The monoisotopic (exact) mass is 338 g/mol. The maximum absolute atomic E-state index is 12.5. The second-order valence-corrected chi connectivity index (χ2v) is 5.69. The molecule has 0 aliphatic carbocycles. The van der Waals surface area contributed by atoms with Gasteiger partial charge in [-0.2, -0.15) is 5.10 Å². The highest BCUT2D eigenvalue weighted by Crippen LogP contribution is 2.21. The third kappa shape index (κ3) is 4.14. The normalized spacial score (nSPS) is 15.4.